The molecule has 2 heterocycles. The molecule has 1 N–H and O–H groups in total. The van der Waals surface area contributed by atoms with Gasteiger partial charge in [-0.25, -0.2) is 0 Å². The molecule has 0 atom stereocenters. The summed E-state index contributed by atoms with van der Waals surface area (Å²) in [5, 5.41) is 2.91. The molecule has 2 aromatic rings. The fourth-order valence-electron chi connectivity index (χ4n) is 4.11. The largest absolute Gasteiger partial charge is 0.342 e. The summed E-state index contributed by atoms with van der Waals surface area (Å²) in [4.78, 5) is 31.4. The molecule has 2 aliphatic rings. The highest BCUT2D eigenvalue weighted by atomic mass is 16.2. The predicted octanol–water partition coefficient (Wildman–Crippen LogP) is 2.68. The molecular formula is C24H30N4O2. The van der Waals surface area contributed by atoms with Crippen molar-refractivity contribution >= 4 is 17.5 Å². The molecule has 2 saturated heterocycles. The summed E-state index contributed by atoms with van der Waals surface area (Å²) < 4.78 is 0. The summed E-state index contributed by atoms with van der Waals surface area (Å²) in [5.74, 6) is 0.189. The molecule has 0 spiro atoms. The van der Waals surface area contributed by atoms with Gasteiger partial charge in [0, 0.05) is 57.1 Å². The number of likely N-dealkylation sites (tertiary alicyclic amines) is 1. The fraction of sp³-hybridized carbons (Fsp3) is 0.417. The van der Waals surface area contributed by atoms with Crippen LogP contribution < -0.4 is 5.32 Å². The smallest absolute Gasteiger partial charge is 0.255 e. The minimum Gasteiger partial charge on any atom is -0.342 e. The van der Waals surface area contributed by atoms with E-state index in [1.54, 1.807) is 0 Å². The van der Waals surface area contributed by atoms with Gasteiger partial charge in [-0.1, -0.05) is 30.3 Å². The van der Waals surface area contributed by atoms with E-state index in [-0.39, 0.29) is 11.8 Å². The van der Waals surface area contributed by atoms with Crippen molar-refractivity contribution in [2.45, 2.75) is 19.4 Å². The molecule has 0 aliphatic carbocycles. The van der Waals surface area contributed by atoms with Crippen LogP contribution in [-0.4, -0.2) is 72.3 Å². The van der Waals surface area contributed by atoms with Crippen LogP contribution in [0.4, 0.5) is 5.69 Å². The topological polar surface area (TPSA) is 55.9 Å². The molecule has 4 rings (SSSR count). The number of rotatable bonds is 6. The minimum absolute atomic E-state index is 0.0935. The molecule has 30 heavy (non-hydrogen) atoms. The Morgan fingerprint density at radius 2 is 1.40 bits per heavy atom. The van der Waals surface area contributed by atoms with Gasteiger partial charge in [0.1, 0.15) is 0 Å². The van der Waals surface area contributed by atoms with Gasteiger partial charge in [-0.2, -0.15) is 0 Å². The van der Waals surface area contributed by atoms with Crippen LogP contribution in [0.5, 0.6) is 0 Å². The molecule has 0 radical (unpaired) electrons. The van der Waals surface area contributed by atoms with Crippen molar-refractivity contribution in [3.8, 4) is 0 Å². The molecule has 0 aromatic heterocycles. The highest BCUT2D eigenvalue weighted by Gasteiger charge is 2.23. The van der Waals surface area contributed by atoms with Gasteiger partial charge in [0.25, 0.3) is 5.91 Å². The molecule has 2 fully saturated rings. The number of carbonyl (C=O) groups is 2. The second-order valence-electron chi connectivity index (χ2n) is 8.16. The molecule has 0 bridgehead atoms. The first-order chi connectivity index (χ1) is 14.7. The zero-order valence-corrected chi connectivity index (χ0v) is 17.4. The van der Waals surface area contributed by atoms with Crippen molar-refractivity contribution < 1.29 is 9.59 Å². The number of anilines is 1. The summed E-state index contributed by atoms with van der Waals surface area (Å²) in [6.07, 6.45) is 2.29. The molecule has 0 saturated carbocycles. The number of carbonyl (C=O) groups excluding carboxylic acids is 2. The van der Waals surface area contributed by atoms with E-state index in [1.807, 2.05) is 59.5 Å². The van der Waals surface area contributed by atoms with Crippen LogP contribution in [0.25, 0.3) is 0 Å². The van der Waals surface area contributed by atoms with Gasteiger partial charge in [-0.3, -0.25) is 19.4 Å². The first-order valence-electron chi connectivity index (χ1n) is 10.9. The predicted molar refractivity (Wildman–Crippen MR) is 118 cm³/mol. The maximum atomic E-state index is 12.4. The lowest BCUT2D eigenvalue weighted by molar-refractivity contribution is -0.131. The number of amides is 2. The molecule has 6 nitrogen and oxygen atoms in total. The number of benzene rings is 2. The van der Waals surface area contributed by atoms with Gasteiger partial charge in [0.05, 0.1) is 6.54 Å². The van der Waals surface area contributed by atoms with Crippen molar-refractivity contribution in [3.63, 3.8) is 0 Å². The van der Waals surface area contributed by atoms with Crippen molar-refractivity contribution in [2.75, 3.05) is 51.1 Å². The zero-order chi connectivity index (χ0) is 20.8. The number of nitrogens with zero attached hydrogens (tertiary/aromatic N) is 3. The van der Waals surface area contributed by atoms with Crippen molar-refractivity contribution in [1.82, 2.24) is 14.7 Å². The number of hydrogen-bond donors (Lipinski definition) is 1. The zero-order valence-electron chi connectivity index (χ0n) is 17.4. The summed E-state index contributed by atoms with van der Waals surface area (Å²) in [6, 6.07) is 17.3. The lowest BCUT2D eigenvalue weighted by atomic mass is 10.1. The monoisotopic (exact) mass is 406 g/mol. The summed E-state index contributed by atoms with van der Waals surface area (Å²) >= 11 is 0. The SMILES string of the molecule is O=C(Nc1ccccc1)c1ccc(CN2CCN(CC(=O)N3CCCC3)CC2)cc1. The van der Waals surface area contributed by atoms with E-state index in [0.717, 1.165) is 64.3 Å². The maximum Gasteiger partial charge on any atom is 0.255 e. The van der Waals surface area contributed by atoms with Crippen LogP contribution >= 0.6 is 0 Å². The molecule has 158 valence electrons. The Hall–Kier alpha value is -2.70. The second kappa shape index (κ2) is 9.87. The van der Waals surface area contributed by atoms with Crippen molar-refractivity contribution in [1.29, 1.82) is 0 Å². The van der Waals surface area contributed by atoms with E-state index in [1.165, 1.54) is 5.56 Å². The Morgan fingerprint density at radius 1 is 0.767 bits per heavy atom. The highest BCUT2D eigenvalue weighted by Crippen LogP contribution is 2.13. The van der Waals surface area contributed by atoms with Crippen LogP contribution in [0.3, 0.4) is 0 Å². The first-order valence-corrected chi connectivity index (χ1v) is 10.9. The molecular weight excluding hydrogens is 376 g/mol. The third kappa shape index (κ3) is 5.46. The lowest BCUT2D eigenvalue weighted by Gasteiger charge is -2.35. The third-order valence-corrected chi connectivity index (χ3v) is 5.94. The van der Waals surface area contributed by atoms with Crippen molar-refractivity contribution in [3.05, 3.63) is 65.7 Å². The van der Waals surface area contributed by atoms with Crippen LogP contribution in [0.15, 0.2) is 54.6 Å². The van der Waals surface area contributed by atoms with E-state index in [9.17, 15) is 9.59 Å². The van der Waals surface area contributed by atoms with Gasteiger partial charge < -0.3 is 10.2 Å². The first kappa shape index (κ1) is 20.6. The lowest BCUT2D eigenvalue weighted by Crippen LogP contribution is -2.49. The summed E-state index contributed by atoms with van der Waals surface area (Å²) in [5.41, 5.74) is 2.66. The van der Waals surface area contributed by atoms with E-state index in [0.29, 0.717) is 12.1 Å². The summed E-state index contributed by atoms with van der Waals surface area (Å²) in [7, 11) is 0. The minimum atomic E-state index is -0.0935. The van der Waals surface area contributed by atoms with Gasteiger partial charge in [-0.15, -0.1) is 0 Å². The highest BCUT2D eigenvalue weighted by molar-refractivity contribution is 6.04. The van der Waals surface area contributed by atoms with Gasteiger partial charge >= 0.3 is 0 Å². The van der Waals surface area contributed by atoms with Crippen LogP contribution in [0.1, 0.15) is 28.8 Å². The van der Waals surface area contributed by atoms with Crippen LogP contribution in [-0.2, 0) is 11.3 Å². The van der Waals surface area contributed by atoms with E-state index < -0.39 is 0 Å². The quantitative estimate of drug-likeness (QED) is 0.801. The van der Waals surface area contributed by atoms with Gasteiger partial charge in [-0.05, 0) is 42.7 Å². The molecule has 2 aromatic carbocycles. The summed E-state index contributed by atoms with van der Waals surface area (Å²) in [6.45, 7) is 7.06. The average Bonchev–Trinajstić information content (AvgIpc) is 3.31. The number of piperazine rings is 1. The van der Waals surface area contributed by atoms with Crippen molar-refractivity contribution in [2.24, 2.45) is 0 Å². The van der Waals surface area contributed by atoms with E-state index in [4.69, 9.17) is 0 Å². The van der Waals surface area contributed by atoms with Crippen LogP contribution in [0, 0.1) is 0 Å². The molecule has 0 unspecified atom stereocenters. The molecule has 2 aliphatic heterocycles. The van der Waals surface area contributed by atoms with Crippen LogP contribution in [0.2, 0.25) is 0 Å². The standard InChI is InChI=1S/C24H30N4O2/c29-23(28-12-4-5-13-28)19-27-16-14-26(15-17-27)18-20-8-10-21(11-9-20)24(30)25-22-6-2-1-3-7-22/h1-3,6-11H,4-5,12-19H2,(H,25,30). The average molecular weight is 407 g/mol. The van der Waals surface area contributed by atoms with E-state index >= 15 is 0 Å². The van der Waals surface area contributed by atoms with E-state index in [2.05, 4.69) is 15.1 Å². The van der Waals surface area contributed by atoms with Gasteiger partial charge in [0.15, 0.2) is 0 Å². The molecule has 6 heteroatoms. The number of para-hydroxylation sites is 1. The number of hydrogen-bond acceptors (Lipinski definition) is 4. The Bertz CT molecular complexity index is 839. The van der Waals surface area contributed by atoms with Gasteiger partial charge in [0.2, 0.25) is 5.91 Å². The fourth-order valence-corrected chi connectivity index (χ4v) is 4.11. The Morgan fingerprint density at radius 3 is 2.07 bits per heavy atom. The number of nitrogens with one attached hydrogen (secondary N) is 1. The normalized spacial score (nSPS) is 17.8. The third-order valence-electron chi connectivity index (χ3n) is 5.94. The maximum absolute atomic E-state index is 12.4. The Kier molecular flexibility index (Phi) is 6.77. The Labute approximate surface area is 178 Å². The Balaban J connectivity index is 1.22. The second-order valence-corrected chi connectivity index (χ2v) is 8.16. The molecule has 2 amide bonds.